The van der Waals surface area contributed by atoms with Gasteiger partial charge in [0.1, 0.15) is 11.3 Å². The van der Waals surface area contributed by atoms with Gasteiger partial charge in [-0.2, -0.15) is 0 Å². The first-order chi connectivity index (χ1) is 67.1. The molecule has 0 amide bonds. The number of benzene rings is 24. The number of imidazole rings is 2. The van der Waals surface area contributed by atoms with E-state index in [-0.39, 0.29) is 0 Å². The van der Waals surface area contributed by atoms with E-state index in [1.165, 1.54) is 54.2 Å². The number of fused-ring (bicyclic) bond motifs is 18. The Morgan fingerprint density at radius 1 is 0.176 bits per heavy atom. The molecule has 0 aliphatic rings. The van der Waals surface area contributed by atoms with Gasteiger partial charge in [0, 0.05) is 69.3 Å². The summed E-state index contributed by atoms with van der Waals surface area (Å²) < 4.78 is 51.8. The van der Waals surface area contributed by atoms with Crippen molar-refractivity contribution in [3.63, 3.8) is 0 Å². The summed E-state index contributed by atoms with van der Waals surface area (Å²) in [5.74, 6) is 0. The molecule has 0 atom stereocenters. The Kier molecular flexibility index (Phi) is 18.1. The number of rotatable bonds is 13. The van der Waals surface area contributed by atoms with Gasteiger partial charge >= 0.3 is 0 Å². The van der Waals surface area contributed by atoms with Gasteiger partial charge in [-0.05, 0) is 202 Å². The van der Waals surface area contributed by atoms with E-state index in [1.54, 1.807) is 0 Å². The summed E-state index contributed by atoms with van der Waals surface area (Å²) in [4.78, 5) is 10.5. The highest BCUT2D eigenvalue weighted by Gasteiger charge is 2.36. The molecule has 0 saturated heterocycles. The minimum absolute atomic E-state index is 0.820. The van der Waals surface area contributed by atoms with Crippen LogP contribution in [0, 0.1) is 0 Å². The lowest BCUT2D eigenvalue weighted by molar-refractivity contribution is 0.591. The van der Waals surface area contributed by atoms with Crippen LogP contribution in [0.25, 0.3) is 207 Å². The molecule has 0 aliphatic heterocycles. The lowest BCUT2D eigenvalue weighted by Crippen LogP contribution is -2.25. The summed E-state index contributed by atoms with van der Waals surface area (Å²) in [7, 11) is -9.67. The fourth-order valence-corrected chi connectivity index (χ4v) is 30.8. The first-order valence-corrected chi connectivity index (χ1v) is 51.3. The highest BCUT2D eigenvalue weighted by atomic mass is 31.2. The number of aromatic nitrogens is 4. The fourth-order valence-electron chi connectivity index (χ4n) is 22.5. The summed E-state index contributed by atoms with van der Waals surface area (Å²) in [6.45, 7) is 0. The van der Waals surface area contributed by atoms with Gasteiger partial charge in [0.05, 0.1) is 33.1 Å². The van der Waals surface area contributed by atoms with Crippen molar-refractivity contribution in [2.24, 2.45) is 0 Å². The smallest absolute Gasteiger partial charge is 0.171 e. The van der Waals surface area contributed by atoms with Crippen LogP contribution in [0.4, 0.5) is 0 Å². The highest BCUT2D eigenvalue weighted by Crippen LogP contribution is 2.53. The number of pyridine rings is 2. The van der Waals surface area contributed by atoms with Crippen molar-refractivity contribution in [1.82, 2.24) is 18.8 Å². The minimum Gasteiger partial charge on any atom is -0.309 e. The lowest BCUT2D eigenvalue weighted by Gasteiger charge is -2.23. The fraction of sp³-hybridized carbons (Fsp3) is 0. The molecule has 24 aromatic carbocycles. The summed E-state index contributed by atoms with van der Waals surface area (Å²) in [6.07, 6.45) is 0. The van der Waals surface area contributed by atoms with Crippen molar-refractivity contribution >= 4 is 232 Å². The van der Waals surface area contributed by atoms with Gasteiger partial charge in [-0.15, -0.1) is 0 Å². The van der Waals surface area contributed by atoms with Crippen molar-refractivity contribution in [3.8, 4) is 44.5 Å². The quantitative estimate of drug-likeness (QED) is 0.0652. The first kappa shape index (κ1) is 79.3. The molecule has 28 aromatic rings. The van der Waals surface area contributed by atoms with Gasteiger partial charge in [0.15, 0.2) is 21.4 Å². The molecular weight excluding hydrogens is 1710 g/mol. The first-order valence-electron chi connectivity index (χ1n) is 46.2. The van der Waals surface area contributed by atoms with Crippen molar-refractivity contribution < 1.29 is 13.7 Å². The Balaban J connectivity index is 0.000000148. The molecule has 0 fully saturated rings. The second kappa shape index (κ2) is 31.1. The van der Waals surface area contributed by atoms with Crippen molar-refractivity contribution in [2.45, 2.75) is 0 Å². The SMILES string of the molecule is O=P(c1ccccc1)(c1ccccc1)c1ccc(-c2c3ccccc3c(-c3ccc4c5ccccc5c5nc6ccccc6n5c4c3)c3ccccc23)cc1.O=P(c1ccccc1)(c1ccccc1)c1ccc2ccc3c(-c4ccc5c(c4)c4ccc(-c6ccc7ccc8c(P(=O)(c9ccccc9)c9ccccc9)ccc9ccc6c7c98)cc4c4nc6ccccc6n54)ccc4ccc1c2c43. The Hall–Kier alpha value is -16.5. The molecule has 0 spiro atoms. The van der Waals surface area contributed by atoms with Gasteiger partial charge in [0.25, 0.3) is 0 Å². The Morgan fingerprint density at radius 2 is 0.478 bits per heavy atom. The Bertz CT molecular complexity index is 9780. The summed E-state index contributed by atoms with van der Waals surface area (Å²) in [5.41, 5.74) is 17.3. The molecule has 7 nitrogen and oxygen atoms in total. The van der Waals surface area contributed by atoms with Gasteiger partial charge in [-0.3, -0.25) is 8.80 Å². The van der Waals surface area contributed by atoms with E-state index in [2.05, 4.69) is 306 Å². The molecule has 0 aliphatic carbocycles. The topological polar surface area (TPSA) is 85.8 Å². The molecule has 4 aromatic heterocycles. The third-order valence-electron chi connectivity index (χ3n) is 28.6. The molecule has 4 heterocycles. The van der Waals surface area contributed by atoms with Gasteiger partial charge in [-0.25, -0.2) is 9.97 Å². The van der Waals surface area contributed by atoms with Crippen molar-refractivity contribution in [3.05, 3.63) is 479 Å². The van der Waals surface area contributed by atoms with E-state index >= 15 is 13.7 Å². The summed E-state index contributed by atoms with van der Waals surface area (Å²) in [6, 6.07) is 167. The molecule has 136 heavy (non-hydrogen) atoms. The van der Waals surface area contributed by atoms with Crippen LogP contribution in [0.3, 0.4) is 0 Å². The van der Waals surface area contributed by atoms with E-state index in [1.807, 2.05) is 182 Å². The highest BCUT2D eigenvalue weighted by molar-refractivity contribution is 7.86. The zero-order chi connectivity index (χ0) is 90.1. The van der Waals surface area contributed by atoms with E-state index in [0.29, 0.717) is 0 Å². The van der Waals surface area contributed by atoms with Crippen LogP contribution in [0.1, 0.15) is 0 Å². The van der Waals surface area contributed by atoms with Gasteiger partial charge < -0.3 is 13.7 Å². The summed E-state index contributed by atoms with van der Waals surface area (Å²) >= 11 is 0. The van der Waals surface area contributed by atoms with Crippen LogP contribution in [0.2, 0.25) is 0 Å². The number of para-hydroxylation sites is 4. The second-order valence-electron chi connectivity index (χ2n) is 35.8. The lowest BCUT2D eigenvalue weighted by atomic mass is 9.85. The number of hydrogen-bond donors (Lipinski definition) is 0. The molecule has 28 rings (SSSR count). The third-order valence-corrected chi connectivity index (χ3v) is 38.0. The predicted molar refractivity (Wildman–Crippen MR) is 578 cm³/mol. The zero-order valence-corrected chi connectivity index (χ0v) is 76.1. The van der Waals surface area contributed by atoms with Crippen LogP contribution in [-0.2, 0) is 13.7 Å². The normalized spacial score (nSPS) is 12.4. The van der Waals surface area contributed by atoms with Crippen LogP contribution < -0.4 is 47.7 Å². The maximum Gasteiger partial charge on any atom is 0.171 e. The zero-order valence-electron chi connectivity index (χ0n) is 73.5. The van der Waals surface area contributed by atoms with E-state index in [9.17, 15) is 0 Å². The van der Waals surface area contributed by atoms with E-state index in [4.69, 9.17) is 9.97 Å². The Morgan fingerprint density at radius 3 is 0.934 bits per heavy atom. The van der Waals surface area contributed by atoms with Crippen LogP contribution >= 0.6 is 21.4 Å². The van der Waals surface area contributed by atoms with Crippen LogP contribution in [0.5, 0.6) is 0 Å². The monoisotopic (exact) mass is 1790 g/mol. The molecule has 10 heteroatoms. The number of nitrogens with zero attached hydrogens (tertiary/aromatic N) is 4. The average molecular weight is 1790 g/mol. The maximum absolute atomic E-state index is 16.0. The average Bonchev–Trinajstić information content (AvgIpc) is 1.68. The van der Waals surface area contributed by atoms with E-state index < -0.39 is 21.4 Å². The molecule has 0 N–H and O–H groups in total. The standard InChI is InChI=1S/C75H46N2O2P2.C51H33N2OP/c78-80(53-15-5-1-6-16-53,54-17-7-2-8-18-54)69-43-33-49-27-38-60-57(35-25-47-29-40-62(69)73(49)71(47)60)51-31-37-59-64-45-52(32-42-67(64)77-68-24-14-13-23-66(68)76-75(77)65(59)46-51)58-36-26-48-30-41-63-70(44-34-50-28-39-61(58)72(48)74(50)63)81(79,55-19-9-3-10-20-55)56-21-11-4-12-22-56;54-55(36-15-3-1-4-16-36,37-17-5-2-6-18-37)38-30-27-34(28-31-38)49-41-20-8-10-22-43(41)50(44-23-11-9-21-42(44)49)35-29-32-40-39-19-7-12-24-45(39)51-52-46-25-13-14-26-47(46)53(51)48(40)33-35/h1-46H;1-33H. The van der Waals surface area contributed by atoms with Crippen molar-refractivity contribution in [1.29, 1.82) is 0 Å². The minimum atomic E-state index is -3.28. The molecule has 636 valence electrons. The molecule has 0 radical (unpaired) electrons. The van der Waals surface area contributed by atoms with Crippen LogP contribution in [-0.4, -0.2) is 18.8 Å². The van der Waals surface area contributed by atoms with Gasteiger partial charge in [-0.1, -0.05) is 419 Å². The maximum atomic E-state index is 16.0. The van der Waals surface area contributed by atoms with Crippen LogP contribution in [0.15, 0.2) is 479 Å². The molecular formula is C126H79N4O3P3. The number of hydrogen-bond acceptors (Lipinski definition) is 5. The summed E-state index contributed by atoms with van der Waals surface area (Å²) in [5, 5.41) is 32.5. The largest absolute Gasteiger partial charge is 0.309 e. The third kappa shape index (κ3) is 11.9. The molecule has 0 bridgehead atoms. The predicted octanol–water partition coefficient (Wildman–Crippen LogP) is 29.3. The Labute approximate surface area is 782 Å². The molecule has 0 saturated carbocycles. The molecule has 0 unspecified atom stereocenters. The van der Waals surface area contributed by atoms with Crippen molar-refractivity contribution in [2.75, 3.05) is 0 Å². The van der Waals surface area contributed by atoms with Gasteiger partial charge in [0.2, 0.25) is 0 Å². The van der Waals surface area contributed by atoms with E-state index in [0.717, 1.165) is 201 Å². The second-order valence-corrected chi connectivity index (χ2v) is 44.0.